The molecule has 1 heterocycles. The molecule has 346 valence electrons. The third-order valence-corrected chi connectivity index (χ3v) is 16.6. The van der Waals surface area contributed by atoms with Gasteiger partial charge in [0, 0.05) is 25.7 Å². The van der Waals surface area contributed by atoms with Crippen LogP contribution < -0.4 is 0 Å². The maximum Gasteiger partial charge on any atom is 0.0434 e. The molecule has 0 bridgehead atoms. The van der Waals surface area contributed by atoms with Gasteiger partial charge < -0.3 is 0 Å². The predicted octanol–water partition coefficient (Wildman–Crippen LogP) is 21.5. The summed E-state index contributed by atoms with van der Waals surface area (Å²) in [7, 11) is 0. The van der Waals surface area contributed by atoms with Crippen LogP contribution in [0.15, 0.2) is 255 Å². The van der Waals surface area contributed by atoms with Gasteiger partial charge in [0.15, 0.2) is 0 Å². The fourth-order valence-corrected chi connectivity index (χ4v) is 13.3. The van der Waals surface area contributed by atoms with Crippen molar-refractivity contribution in [2.24, 2.45) is 0 Å². The summed E-state index contributed by atoms with van der Waals surface area (Å²) in [6, 6.07) is 90.3. The third-order valence-electron chi connectivity index (χ3n) is 15.4. The summed E-state index contributed by atoms with van der Waals surface area (Å²) in [5, 5.41) is 15.1. The molecule has 1 aromatic heterocycles. The molecular weight excluding hydrogens is 909 g/mol. The van der Waals surface area contributed by atoms with Crippen LogP contribution >= 0.6 is 11.3 Å². The van der Waals surface area contributed by atoms with E-state index in [1.807, 2.05) is 17.4 Å². The van der Waals surface area contributed by atoms with Crippen molar-refractivity contribution in [2.75, 3.05) is 0 Å². The minimum atomic E-state index is 1.13. The Hall–Kier alpha value is -9.14. The van der Waals surface area contributed by atoms with E-state index in [4.69, 9.17) is 0 Å². The van der Waals surface area contributed by atoms with E-state index in [1.54, 1.807) is 0 Å². The lowest BCUT2D eigenvalue weighted by Gasteiger charge is -2.18. The topological polar surface area (TPSA) is 0 Å². The first-order chi connectivity index (χ1) is 36.6. The first kappa shape index (κ1) is 43.6. The van der Waals surface area contributed by atoms with Crippen LogP contribution in [0.1, 0.15) is 18.1 Å². The van der Waals surface area contributed by atoms with E-state index in [1.165, 1.54) is 146 Å². The molecule has 14 aromatic rings. The Morgan fingerprint density at radius 2 is 0.730 bits per heavy atom. The summed E-state index contributed by atoms with van der Waals surface area (Å²) in [6.45, 7) is 6.17. The van der Waals surface area contributed by atoms with Crippen LogP contribution in [0, 0.1) is 0 Å². The van der Waals surface area contributed by atoms with Crippen molar-refractivity contribution in [3.8, 4) is 66.8 Å². The Balaban J connectivity index is 0.905. The molecule has 0 saturated heterocycles. The Labute approximate surface area is 435 Å². The number of rotatable bonds is 8. The zero-order chi connectivity index (χ0) is 49.3. The molecule has 14 rings (SSSR count). The van der Waals surface area contributed by atoms with Gasteiger partial charge in [0.2, 0.25) is 0 Å². The van der Waals surface area contributed by atoms with Gasteiger partial charge in [0.1, 0.15) is 0 Å². The van der Waals surface area contributed by atoms with Crippen molar-refractivity contribution >= 4 is 97.5 Å². The van der Waals surface area contributed by atoms with E-state index in [0.29, 0.717) is 0 Å². The van der Waals surface area contributed by atoms with E-state index in [2.05, 4.69) is 268 Å². The lowest BCUT2D eigenvalue weighted by molar-refractivity contribution is 1.56. The maximum absolute atomic E-state index is 4.10. The Kier molecular flexibility index (Phi) is 10.5. The van der Waals surface area contributed by atoms with Gasteiger partial charge in [-0.3, -0.25) is 0 Å². The van der Waals surface area contributed by atoms with E-state index in [9.17, 15) is 0 Å². The van der Waals surface area contributed by atoms with Gasteiger partial charge >= 0.3 is 0 Å². The number of allylic oxidation sites excluding steroid dienone is 1. The van der Waals surface area contributed by atoms with Gasteiger partial charge in [0.25, 0.3) is 0 Å². The van der Waals surface area contributed by atoms with E-state index < -0.39 is 0 Å². The second-order valence-electron chi connectivity index (χ2n) is 19.4. The van der Waals surface area contributed by atoms with Crippen LogP contribution in [0.5, 0.6) is 0 Å². The quantitative estimate of drug-likeness (QED) is 0.133. The highest BCUT2D eigenvalue weighted by Crippen LogP contribution is 2.50. The molecule has 0 unspecified atom stereocenters. The summed E-state index contributed by atoms with van der Waals surface area (Å²) < 4.78 is 2.59. The molecule has 0 nitrogen and oxygen atoms in total. The van der Waals surface area contributed by atoms with Crippen LogP contribution in [0.4, 0.5) is 0 Å². The molecule has 0 aliphatic heterocycles. The Morgan fingerprint density at radius 3 is 1.28 bits per heavy atom. The summed E-state index contributed by atoms with van der Waals surface area (Å²) in [4.78, 5) is 0. The van der Waals surface area contributed by atoms with Crippen LogP contribution in [-0.2, 0) is 0 Å². The zero-order valence-electron chi connectivity index (χ0n) is 40.9. The molecule has 0 atom stereocenters. The molecule has 0 aliphatic carbocycles. The lowest BCUT2D eigenvalue weighted by atomic mass is 9.85. The second-order valence-corrected chi connectivity index (χ2v) is 20.4. The number of hydrogen-bond acceptors (Lipinski definition) is 1. The molecule has 74 heavy (non-hydrogen) atoms. The third kappa shape index (κ3) is 6.96. The molecule has 0 radical (unpaired) electrons. The summed E-state index contributed by atoms with van der Waals surface area (Å²) in [5.41, 5.74) is 17.2. The van der Waals surface area contributed by atoms with Crippen molar-refractivity contribution < 1.29 is 0 Å². The fraction of sp³-hybridized carbons (Fsp3) is 0.0137. The summed E-state index contributed by atoms with van der Waals surface area (Å²) in [5.74, 6) is 0. The zero-order valence-corrected chi connectivity index (χ0v) is 41.8. The van der Waals surface area contributed by atoms with Crippen LogP contribution in [0.3, 0.4) is 0 Å². The van der Waals surface area contributed by atoms with E-state index in [0.717, 1.165) is 5.56 Å². The minimum absolute atomic E-state index is 1.13. The van der Waals surface area contributed by atoms with Gasteiger partial charge in [-0.2, -0.15) is 0 Å². The molecule has 0 saturated carbocycles. The standard InChI is InChI=1S/C73H48S/c1-3-18-53-46(4-2)20-15-31-55(53)48-35-39-51(40-36-48)70-61-27-11-13-29-63(61)72(64-30-14-12-28-62(64)70)66-34-17-33-65-67-45-52(43-44-68(67)74-73(65)66)71-59-25-9-7-23-57(59)69(58-24-8-10-26-60(58)71)50-41-37-49(38-42-50)56-32-16-21-47-19-5-6-22-54(47)56/h3-45H,2H2,1H3/b18-3-. The monoisotopic (exact) mass is 956 g/mol. The van der Waals surface area contributed by atoms with Crippen molar-refractivity contribution in [3.05, 3.63) is 266 Å². The van der Waals surface area contributed by atoms with Crippen LogP contribution in [-0.4, -0.2) is 0 Å². The van der Waals surface area contributed by atoms with Crippen LogP contribution in [0.2, 0.25) is 0 Å². The predicted molar refractivity (Wildman–Crippen MR) is 324 cm³/mol. The molecule has 0 spiro atoms. The Morgan fingerprint density at radius 1 is 0.324 bits per heavy atom. The first-order valence-electron chi connectivity index (χ1n) is 25.6. The second kappa shape index (κ2) is 17.9. The van der Waals surface area contributed by atoms with Gasteiger partial charge in [-0.15, -0.1) is 11.3 Å². The van der Waals surface area contributed by atoms with Gasteiger partial charge in [-0.25, -0.2) is 0 Å². The number of benzene rings is 13. The SMILES string of the molecule is C=Cc1cccc(-c2ccc(-c3c4ccccc4c(-c4cccc5c4sc4ccc(-c6c7ccccc7c(-c7ccc(-c8cccc9ccccc89)cc7)c7ccccc67)cc45)c4ccccc34)cc2)c1/C=C\C. The molecule has 1 heteroatoms. The number of thiophene rings is 1. The number of fused-ring (bicyclic) bond motifs is 8. The normalized spacial score (nSPS) is 11.9. The average Bonchev–Trinajstić information content (AvgIpc) is 3.86. The van der Waals surface area contributed by atoms with Crippen LogP contribution in [0.25, 0.3) is 153 Å². The smallest absolute Gasteiger partial charge is 0.0434 e. The molecular formula is C73H48S. The fourth-order valence-electron chi connectivity index (χ4n) is 12.1. The summed E-state index contributed by atoms with van der Waals surface area (Å²) >= 11 is 1.91. The highest BCUT2D eigenvalue weighted by Gasteiger charge is 2.22. The molecule has 0 N–H and O–H groups in total. The van der Waals surface area contributed by atoms with E-state index in [-0.39, 0.29) is 0 Å². The highest BCUT2D eigenvalue weighted by atomic mass is 32.1. The molecule has 0 fully saturated rings. The summed E-state index contributed by atoms with van der Waals surface area (Å²) in [6.07, 6.45) is 6.24. The average molecular weight is 957 g/mol. The lowest BCUT2D eigenvalue weighted by Crippen LogP contribution is -1.91. The van der Waals surface area contributed by atoms with Gasteiger partial charge in [-0.1, -0.05) is 255 Å². The maximum atomic E-state index is 4.10. The van der Waals surface area contributed by atoms with Crippen molar-refractivity contribution in [2.45, 2.75) is 6.92 Å². The van der Waals surface area contributed by atoms with Gasteiger partial charge in [-0.05, 0) is 145 Å². The van der Waals surface area contributed by atoms with Crippen molar-refractivity contribution in [1.29, 1.82) is 0 Å². The molecule has 13 aromatic carbocycles. The van der Waals surface area contributed by atoms with E-state index >= 15 is 0 Å². The molecule has 0 amide bonds. The van der Waals surface area contributed by atoms with Gasteiger partial charge in [0.05, 0.1) is 0 Å². The Bertz CT molecular complexity index is 4480. The van der Waals surface area contributed by atoms with Crippen molar-refractivity contribution in [3.63, 3.8) is 0 Å². The molecule has 0 aliphatic rings. The van der Waals surface area contributed by atoms with Crippen molar-refractivity contribution in [1.82, 2.24) is 0 Å². The first-order valence-corrected chi connectivity index (χ1v) is 26.4. The largest absolute Gasteiger partial charge is 0.135 e. The highest BCUT2D eigenvalue weighted by molar-refractivity contribution is 7.26. The number of hydrogen-bond donors (Lipinski definition) is 0. The minimum Gasteiger partial charge on any atom is -0.135 e.